The Labute approximate surface area is 115 Å². The van der Waals surface area contributed by atoms with Crippen molar-refractivity contribution in [2.75, 3.05) is 33.7 Å². The molecule has 0 bridgehead atoms. The number of rotatable bonds is 13. The van der Waals surface area contributed by atoms with E-state index in [1.54, 1.807) is 19.3 Å². The summed E-state index contributed by atoms with van der Waals surface area (Å²) in [5.41, 5.74) is 0. The van der Waals surface area contributed by atoms with Crippen LogP contribution < -0.4 is 0 Å². The second-order valence-electron chi connectivity index (χ2n) is 4.19. The average molecular weight is 274 g/mol. The minimum atomic E-state index is -0.688. The molecule has 0 saturated heterocycles. The standard InChI is InChI=1S/C14H26O5/c1-4-6-13(16)12(10-15)14(7-5-2)19-11-18-9-8-17-3/h4-5,12-16H,1-2,6-11H2,3H3/t12-,13+,14-/m1/s1. The third kappa shape index (κ3) is 8.13. The van der Waals surface area contributed by atoms with Gasteiger partial charge in [0.1, 0.15) is 6.79 Å². The highest BCUT2D eigenvalue weighted by Gasteiger charge is 2.27. The summed E-state index contributed by atoms with van der Waals surface area (Å²) >= 11 is 0. The fourth-order valence-corrected chi connectivity index (χ4v) is 1.70. The van der Waals surface area contributed by atoms with Crippen molar-refractivity contribution in [1.29, 1.82) is 0 Å². The van der Waals surface area contributed by atoms with Gasteiger partial charge in [-0.15, -0.1) is 13.2 Å². The van der Waals surface area contributed by atoms with E-state index in [0.717, 1.165) is 0 Å². The molecule has 0 aliphatic heterocycles. The lowest BCUT2D eigenvalue weighted by Crippen LogP contribution is -2.36. The van der Waals surface area contributed by atoms with Crippen molar-refractivity contribution in [1.82, 2.24) is 0 Å². The maximum Gasteiger partial charge on any atom is 0.147 e. The molecule has 0 aliphatic carbocycles. The van der Waals surface area contributed by atoms with E-state index >= 15 is 0 Å². The molecule has 0 spiro atoms. The maximum absolute atomic E-state index is 9.94. The molecule has 0 saturated carbocycles. The van der Waals surface area contributed by atoms with Crippen molar-refractivity contribution in [3.63, 3.8) is 0 Å². The van der Waals surface area contributed by atoms with Crippen LogP contribution in [-0.4, -0.2) is 56.1 Å². The van der Waals surface area contributed by atoms with E-state index in [1.807, 2.05) is 0 Å². The van der Waals surface area contributed by atoms with Gasteiger partial charge in [0.15, 0.2) is 0 Å². The van der Waals surface area contributed by atoms with Gasteiger partial charge in [0.2, 0.25) is 0 Å². The van der Waals surface area contributed by atoms with Crippen LogP contribution in [0, 0.1) is 5.92 Å². The quantitative estimate of drug-likeness (QED) is 0.299. The molecular formula is C14H26O5. The smallest absolute Gasteiger partial charge is 0.147 e. The van der Waals surface area contributed by atoms with Crippen LogP contribution in [0.4, 0.5) is 0 Å². The summed E-state index contributed by atoms with van der Waals surface area (Å²) in [5.74, 6) is -0.387. The van der Waals surface area contributed by atoms with Gasteiger partial charge in [0, 0.05) is 13.0 Å². The molecule has 0 rings (SSSR count). The Bertz CT molecular complexity index is 232. The fourth-order valence-electron chi connectivity index (χ4n) is 1.70. The van der Waals surface area contributed by atoms with Gasteiger partial charge in [-0.2, -0.15) is 0 Å². The van der Waals surface area contributed by atoms with Crippen molar-refractivity contribution < 1.29 is 24.4 Å². The molecule has 0 amide bonds. The summed E-state index contributed by atoms with van der Waals surface area (Å²) in [6, 6.07) is 0. The predicted octanol–water partition coefficient (Wildman–Crippen LogP) is 1.11. The Kier molecular flexibility index (Phi) is 11.9. The normalized spacial score (nSPS) is 15.7. The van der Waals surface area contributed by atoms with Crippen molar-refractivity contribution >= 4 is 0 Å². The summed E-state index contributed by atoms with van der Waals surface area (Å²) < 4.78 is 15.6. The number of methoxy groups -OCH3 is 1. The van der Waals surface area contributed by atoms with Crippen molar-refractivity contribution in [3.8, 4) is 0 Å². The maximum atomic E-state index is 9.94. The molecule has 0 aliphatic rings. The topological polar surface area (TPSA) is 68.2 Å². The third-order valence-electron chi connectivity index (χ3n) is 2.79. The summed E-state index contributed by atoms with van der Waals surface area (Å²) in [5, 5.41) is 19.3. The number of aliphatic hydroxyl groups excluding tert-OH is 2. The largest absolute Gasteiger partial charge is 0.396 e. The zero-order valence-electron chi connectivity index (χ0n) is 11.7. The summed E-state index contributed by atoms with van der Waals surface area (Å²) in [7, 11) is 1.60. The van der Waals surface area contributed by atoms with Crippen molar-refractivity contribution in [3.05, 3.63) is 25.3 Å². The molecule has 0 aromatic heterocycles. The van der Waals surface area contributed by atoms with E-state index in [0.29, 0.717) is 26.1 Å². The molecular weight excluding hydrogens is 248 g/mol. The van der Waals surface area contributed by atoms with Crippen LogP contribution in [-0.2, 0) is 14.2 Å². The molecule has 0 fully saturated rings. The molecule has 112 valence electrons. The molecule has 0 aromatic carbocycles. The Balaban J connectivity index is 4.24. The minimum Gasteiger partial charge on any atom is -0.396 e. The van der Waals surface area contributed by atoms with Crippen molar-refractivity contribution in [2.45, 2.75) is 25.0 Å². The van der Waals surface area contributed by atoms with Crippen LogP contribution in [0.3, 0.4) is 0 Å². The predicted molar refractivity (Wildman–Crippen MR) is 73.8 cm³/mol. The first-order chi connectivity index (χ1) is 9.21. The zero-order valence-corrected chi connectivity index (χ0v) is 11.7. The highest BCUT2D eigenvalue weighted by Crippen LogP contribution is 2.19. The Morgan fingerprint density at radius 2 is 1.84 bits per heavy atom. The minimum absolute atomic E-state index is 0.0964. The van der Waals surface area contributed by atoms with Crippen LogP contribution in [0.1, 0.15) is 12.8 Å². The van der Waals surface area contributed by atoms with Gasteiger partial charge in [-0.25, -0.2) is 0 Å². The Hall–Kier alpha value is -0.720. The summed E-state index contributed by atoms with van der Waals surface area (Å²) in [4.78, 5) is 0. The lowest BCUT2D eigenvalue weighted by atomic mass is 9.92. The van der Waals surface area contributed by atoms with Gasteiger partial charge in [0.05, 0.1) is 32.0 Å². The Morgan fingerprint density at radius 1 is 1.16 bits per heavy atom. The first kappa shape index (κ1) is 18.3. The lowest BCUT2D eigenvalue weighted by molar-refractivity contribution is -0.132. The summed E-state index contributed by atoms with van der Waals surface area (Å²) in [6.07, 6.45) is 3.24. The van der Waals surface area contributed by atoms with Gasteiger partial charge < -0.3 is 24.4 Å². The lowest BCUT2D eigenvalue weighted by Gasteiger charge is -2.28. The van der Waals surface area contributed by atoms with E-state index < -0.39 is 6.10 Å². The number of hydrogen-bond donors (Lipinski definition) is 2. The van der Waals surface area contributed by atoms with Crippen LogP contribution in [0.15, 0.2) is 25.3 Å². The highest BCUT2D eigenvalue weighted by atomic mass is 16.7. The number of hydrogen-bond acceptors (Lipinski definition) is 5. The van der Waals surface area contributed by atoms with Gasteiger partial charge in [-0.1, -0.05) is 12.2 Å². The van der Waals surface area contributed by atoms with E-state index in [1.165, 1.54) is 0 Å². The molecule has 5 heteroatoms. The van der Waals surface area contributed by atoms with E-state index in [-0.39, 0.29) is 25.4 Å². The van der Waals surface area contributed by atoms with Gasteiger partial charge in [-0.3, -0.25) is 0 Å². The molecule has 19 heavy (non-hydrogen) atoms. The van der Waals surface area contributed by atoms with E-state index in [9.17, 15) is 10.2 Å². The average Bonchev–Trinajstić information content (AvgIpc) is 2.39. The molecule has 5 nitrogen and oxygen atoms in total. The van der Waals surface area contributed by atoms with Gasteiger partial charge in [-0.05, 0) is 12.8 Å². The van der Waals surface area contributed by atoms with Gasteiger partial charge >= 0.3 is 0 Å². The molecule has 0 unspecified atom stereocenters. The van der Waals surface area contributed by atoms with Crippen LogP contribution >= 0.6 is 0 Å². The number of aliphatic hydroxyl groups is 2. The van der Waals surface area contributed by atoms with Crippen molar-refractivity contribution in [2.24, 2.45) is 5.92 Å². The molecule has 0 heterocycles. The highest BCUT2D eigenvalue weighted by molar-refractivity contribution is 4.86. The van der Waals surface area contributed by atoms with Crippen LogP contribution in [0.5, 0.6) is 0 Å². The number of ether oxygens (including phenoxy) is 3. The first-order valence-electron chi connectivity index (χ1n) is 6.40. The molecule has 2 N–H and O–H groups in total. The zero-order chi connectivity index (χ0) is 14.5. The van der Waals surface area contributed by atoms with Crippen LogP contribution in [0.2, 0.25) is 0 Å². The summed E-state index contributed by atoms with van der Waals surface area (Å²) in [6.45, 7) is 8.11. The second kappa shape index (κ2) is 12.3. The van der Waals surface area contributed by atoms with E-state index in [4.69, 9.17) is 14.2 Å². The monoisotopic (exact) mass is 274 g/mol. The Morgan fingerprint density at radius 3 is 2.37 bits per heavy atom. The third-order valence-corrected chi connectivity index (χ3v) is 2.79. The molecule has 3 atom stereocenters. The second-order valence-corrected chi connectivity index (χ2v) is 4.19. The SMILES string of the molecule is C=CC[C@H](O)[C@@H](CO)[C@@H](CC=C)OCOCCOC. The van der Waals surface area contributed by atoms with Gasteiger partial charge in [0.25, 0.3) is 0 Å². The first-order valence-corrected chi connectivity index (χ1v) is 6.40. The van der Waals surface area contributed by atoms with Crippen LogP contribution in [0.25, 0.3) is 0 Å². The van der Waals surface area contributed by atoms with E-state index in [2.05, 4.69) is 13.2 Å². The fraction of sp³-hybridized carbons (Fsp3) is 0.714. The molecule has 0 radical (unpaired) electrons. The molecule has 0 aromatic rings.